The first-order chi connectivity index (χ1) is 10.4. The maximum atomic E-state index is 11.8. The molecule has 0 amide bonds. The largest absolute Gasteiger partial charge is 0.346 e. The molecule has 0 unspecified atom stereocenters. The fourth-order valence-corrected chi connectivity index (χ4v) is 3.44. The smallest absolute Gasteiger partial charge is 0.323 e. The Labute approximate surface area is 135 Å². The zero-order valence-electron chi connectivity index (χ0n) is 12.6. The van der Waals surface area contributed by atoms with Crippen molar-refractivity contribution in [1.29, 1.82) is 0 Å². The Bertz CT molecular complexity index is 652. The van der Waals surface area contributed by atoms with Crippen molar-refractivity contribution < 1.29 is 14.4 Å². The second-order valence-electron chi connectivity index (χ2n) is 5.13. The van der Waals surface area contributed by atoms with E-state index in [1.54, 1.807) is 23.9 Å². The van der Waals surface area contributed by atoms with E-state index in [0.717, 1.165) is 16.0 Å². The Balaban J connectivity index is 2.15. The molecule has 4 nitrogen and oxygen atoms in total. The highest BCUT2D eigenvalue weighted by Gasteiger charge is 2.29. The lowest BCUT2D eigenvalue weighted by Crippen LogP contribution is -2.21. The van der Waals surface area contributed by atoms with Gasteiger partial charge in [0, 0.05) is 11.4 Å². The zero-order valence-corrected chi connectivity index (χ0v) is 14.3. The van der Waals surface area contributed by atoms with Gasteiger partial charge >= 0.3 is 7.60 Å². The highest BCUT2D eigenvalue weighted by atomic mass is 32.2. The second kappa shape index (κ2) is 7.44. The number of thioether (sulfide) groups is 1. The summed E-state index contributed by atoms with van der Waals surface area (Å²) in [5.74, 6) is -0.996. The third kappa shape index (κ3) is 4.70. The van der Waals surface area contributed by atoms with E-state index in [1.165, 1.54) is 0 Å². The summed E-state index contributed by atoms with van der Waals surface area (Å²) in [6, 6.07) is 15.1. The Hall–Kier alpha value is -1.10. The molecular formula is C16H20NO3PS. The number of hydrogen-bond acceptors (Lipinski definition) is 3. The van der Waals surface area contributed by atoms with Crippen LogP contribution in [-0.4, -0.2) is 16.0 Å². The van der Waals surface area contributed by atoms with Crippen LogP contribution in [0, 0.1) is 6.92 Å². The molecule has 0 heterocycles. The molecule has 0 aliphatic rings. The van der Waals surface area contributed by atoms with Gasteiger partial charge in [-0.2, -0.15) is 0 Å². The molecule has 118 valence electrons. The maximum Gasteiger partial charge on any atom is 0.346 e. The van der Waals surface area contributed by atoms with Crippen LogP contribution in [0.15, 0.2) is 53.4 Å². The Morgan fingerprint density at radius 3 is 2.18 bits per heavy atom. The maximum absolute atomic E-state index is 11.8. The summed E-state index contributed by atoms with van der Waals surface area (Å²) < 4.78 is 11.8. The Morgan fingerprint density at radius 2 is 1.68 bits per heavy atom. The van der Waals surface area contributed by atoms with Gasteiger partial charge in [-0.15, -0.1) is 11.8 Å². The molecular weight excluding hydrogens is 317 g/mol. The molecule has 2 aromatic rings. The highest BCUT2D eigenvalue weighted by molar-refractivity contribution is 7.98. The van der Waals surface area contributed by atoms with Gasteiger partial charge in [-0.05, 0) is 36.4 Å². The van der Waals surface area contributed by atoms with Gasteiger partial charge in [0.1, 0.15) is 5.78 Å². The fourth-order valence-electron chi connectivity index (χ4n) is 2.14. The van der Waals surface area contributed by atoms with Gasteiger partial charge in [0.05, 0.1) is 0 Å². The molecule has 22 heavy (non-hydrogen) atoms. The van der Waals surface area contributed by atoms with E-state index in [0.29, 0.717) is 12.1 Å². The van der Waals surface area contributed by atoms with Crippen molar-refractivity contribution in [3.8, 4) is 0 Å². The van der Waals surface area contributed by atoms with Crippen molar-refractivity contribution in [3.63, 3.8) is 0 Å². The number of nitrogens with one attached hydrogen (secondary N) is 1. The van der Waals surface area contributed by atoms with Crippen molar-refractivity contribution in [2.45, 2.75) is 24.1 Å². The number of rotatable bonds is 6. The summed E-state index contributed by atoms with van der Waals surface area (Å²) in [4.78, 5) is 20.3. The molecule has 0 saturated heterocycles. The molecule has 3 N–H and O–H groups in total. The number of hydrogen-bond donors (Lipinski definition) is 3. The van der Waals surface area contributed by atoms with Gasteiger partial charge in [0.25, 0.3) is 0 Å². The van der Waals surface area contributed by atoms with E-state index in [-0.39, 0.29) is 0 Å². The predicted octanol–water partition coefficient (Wildman–Crippen LogP) is 3.68. The van der Waals surface area contributed by atoms with Gasteiger partial charge in [0.15, 0.2) is 0 Å². The minimum absolute atomic E-state index is 0.403. The van der Waals surface area contributed by atoms with Crippen LogP contribution in [-0.2, 0) is 11.1 Å². The molecule has 0 bridgehead atoms. The summed E-state index contributed by atoms with van der Waals surface area (Å²) >= 11 is 1.59. The standard InChI is InChI=1S/C16H20NO3PS/c1-12-3-5-13(6-4-12)11-17-16(21(18,19)20)14-7-9-15(22-2)10-8-14/h3-10,16-17H,11H2,1-2H3,(H2,18,19,20)/t16-/m0/s1. The molecule has 2 aromatic carbocycles. The fraction of sp³-hybridized carbons (Fsp3) is 0.250. The summed E-state index contributed by atoms with van der Waals surface area (Å²) in [7, 11) is -4.29. The lowest BCUT2D eigenvalue weighted by molar-refractivity contribution is 0.347. The van der Waals surface area contributed by atoms with Crippen molar-refractivity contribution in [3.05, 3.63) is 65.2 Å². The molecule has 0 spiro atoms. The van der Waals surface area contributed by atoms with Crippen LogP contribution in [0.25, 0.3) is 0 Å². The lowest BCUT2D eigenvalue weighted by Gasteiger charge is -2.20. The van der Waals surface area contributed by atoms with Crippen LogP contribution in [0.3, 0.4) is 0 Å². The van der Waals surface area contributed by atoms with Crippen LogP contribution in [0.4, 0.5) is 0 Å². The third-order valence-electron chi connectivity index (χ3n) is 3.39. The summed E-state index contributed by atoms with van der Waals surface area (Å²) in [5.41, 5.74) is 2.74. The van der Waals surface area contributed by atoms with Crippen LogP contribution in [0.1, 0.15) is 22.5 Å². The molecule has 0 saturated carbocycles. The molecule has 0 aliphatic heterocycles. The quantitative estimate of drug-likeness (QED) is 0.554. The SMILES string of the molecule is CSc1ccc([C@@H](NCc2ccc(C)cc2)P(=O)(O)O)cc1. The first-order valence-electron chi connectivity index (χ1n) is 6.88. The first-order valence-corrected chi connectivity index (χ1v) is 9.79. The zero-order chi connectivity index (χ0) is 16.2. The summed E-state index contributed by atoms with van der Waals surface area (Å²) in [6.07, 6.45) is 1.96. The summed E-state index contributed by atoms with van der Waals surface area (Å²) in [5, 5.41) is 2.98. The third-order valence-corrected chi connectivity index (χ3v) is 5.29. The molecule has 0 fully saturated rings. The van der Waals surface area contributed by atoms with E-state index < -0.39 is 13.4 Å². The minimum Gasteiger partial charge on any atom is -0.323 e. The van der Waals surface area contributed by atoms with Crippen LogP contribution in [0.2, 0.25) is 0 Å². The number of benzene rings is 2. The molecule has 0 aromatic heterocycles. The minimum atomic E-state index is -4.29. The van der Waals surface area contributed by atoms with Crippen LogP contribution < -0.4 is 5.32 Å². The van der Waals surface area contributed by atoms with Crippen LogP contribution in [0.5, 0.6) is 0 Å². The monoisotopic (exact) mass is 337 g/mol. The topological polar surface area (TPSA) is 69.6 Å². The van der Waals surface area contributed by atoms with Crippen molar-refractivity contribution in [2.24, 2.45) is 0 Å². The Morgan fingerprint density at radius 1 is 1.09 bits per heavy atom. The van der Waals surface area contributed by atoms with E-state index >= 15 is 0 Å². The van der Waals surface area contributed by atoms with Crippen molar-refractivity contribution in [1.82, 2.24) is 5.32 Å². The normalized spacial score (nSPS) is 13.1. The van der Waals surface area contributed by atoms with Crippen molar-refractivity contribution in [2.75, 3.05) is 6.26 Å². The van der Waals surface area contributed by atoms with Crippen LogP contribution >= 0.6 is 19.4 Å². The van der Waals surface area contributed by atoms with Gasteiger partial charge in [-0.25, -0.2) is 0 Å². The average molecular weight is 337 g/mol. The van der Waals surface area contributed by atoms with E-state index in [1.807, 2.05) is 49.6 Å². The van der Waals surface area contributed by atoms with E-state index in [9.17, 15) is 14.4 Å². The van der Waals surface area contributed by atoms with E-state index in [4.69, 9.17) is 0 Å². The second-order valence-corrected chi connectivity index (χ2v) is 7.71. The predicted molar refractivity (Wildman–Crippen MR) is 91.0 cm³/mol. The van der Waals surface area contributed by atoms with Gasteiger partial charge in [-0.3, -0.25) is 9.88 Å². The van der Waals surface area contributed by atoms with Gasteiger partial charge in [0.2, 0.25) is 0 Å². The molecule has 6 heteroatoms. The Kier molecular flexibility index (Phi) is 5.84. The number of aryl methyl sites for hydroxylation is 1. The molecule has 1 atom stereocenters. The molecule has 0 radical (unpaired) electrons. The highest BCUT2D eigenvalue weighted by Crippen LogP contribution is 2.50. The lowest BCUT2D eigenvalue weighted by atomic mass is 10.1. The van der Waals surface area contributed by atoms with Gasteiger partial charge in [-0.1, -0.05) is 42.0 Å². The van der Waals surface area contributed by atoms with E-state index in [2.05, 4.69) is 5.32 Å². The molecule has 2 rings (SSSR count). The average Bonchev–Trinajstić information content (AvgIpc) is 2.49. The molecule has 0 aliphatic carbocycles. The first kappa shape index (κ1) is 17.3. The summed E-state index contributed by atoms with van der Waals surface area (Å²) in [6.45, 7) is 2.41. The van der Waals surface area contributed by atoms with Crippen molar-refractivity contribution >= 4 is 19.4 Å². The van der Waals surface area contributed by atoms with Gasteiger partial charge < -0.3 is 9.79 Å².